The molecular formula is C18H19NO2. The topological polar surface area (TPSA) is 31.4 Å². The molecule has 3 nitrogen and oxygen atoms in total. The van der Waals surface area contributed by atoms with Crippen LogP contribution in [0.4, 0.5) is 0 Å². The van der Waals surface area contributed by atoms with Crippen LogP contribution in [0, 0.1) is 0 Å². The first kappa shape index (κ1) is 13.7. The van der Waals surface area contributed by atoms with Crippen molar-refractivity contribution >= 4 is 12.2 Å². The van der Waals surface area contributed by atoms with Crippen LogP contribution < -0.4 is 9.47 Å². The smallest absolute Gasteiger partial charge is 0.165 e. The molecule has 3 heteroatoms. The minimum Gasteiger partial charge on any atom is -0.493 e. The van der Waals surface area contributed by atoms with Crippen LogP contribution in [0.5, 0.6) is 11.5 Å². The van der Waals surface area contributed by atoms with Gasteiger partial charge in [0.1, 0.15) is 5.60 Å². The zero-order chi connectivity index (χ0) is 14.9. The normalized spacial score (nSPS) is 15.8. The summed E-state index contributed by atoms with van der Waals surface area (Å²) in [6.07, 6.45) is 8.69. The lowest BCUT2D eigenvalue weighted by Crippen LogP contribution is -2.24. The first-order valence-corrected chi connectivity index (χ1v) is 7.06. The van der Waals surface area contributed by atoms with Gasteiger partial charge >= 0.3 is 0 Å². The van der Waals surface area contributed by atoms with Crippen LogP contribution in [0.2, 0.25) is 0 Å². The van der Waals surface area contributed by atoms with Crippen molar-refractivity contribution in [1.29, 1.82) is 0 Å². The number of pyridine rings is 1. The number of rotatable bonds is 3. The summed E-state index contributed by atoms with van der Waals surface area (Å²) in [5.74, 6) is 1.68. The molecule has 0 saturated heterocycles. The van der Waals surface area contributed by atoms with Crippen LogP contribution in [-0.4, -0.2) is 17.7 Å². The molecule has 1 aromatic carbocycles. The summed E-state index contributed by atoms with van der Waals surface area (Å²) in [5, 5.41) is 0. The van der Waals surface area contributed by atoms with Crippen LogP contribution in [0.3, 0.4) is 0 Å². The van der Waals surface area contributed by atoms with E-state index < -0.39 is 0 Å². The fourth-order valence-electron chi connectivity index (χ4n) is 2.63. The lowest BCUT2D eigenvalue weighted by atomic mass is 9.96. The number of benzene rings is 1. The molecule has 0 radical (unpaired) electrons. The molecule has 0 atom stereocenters. The molecule has 2 heterocycles. The molecule has 1 aliphatic heterocycles. The SMILES string of the molecule is COc1ccc(/C=C/c2ccncc2)c2c1OC(C)(C)C2. The van der Waals surface area contributed by atoms with Gasteiger partial charge in [0.15, 0.2) is 11.5 Å². The number of ether oxygens (including phenoxy) is 2. The summed E-state index contributed by atoms with van der Waals surface area (Å²) in [7, 11) is 1.68. The summed E-state index contributed by atoms with van der Waals surface area (Å²) in [4.78, 5) is 4.03. The van der Waals surface area contributed by atoms with Crippen molar-refractivity contribution in [2.45, 2.75) is 25.9 Å². The van der Waals surface area contributed by atoms with E-state index in [1.54, 1.807) is 19.5 Å². The third kappa shape index (κ3) is 2.77. The van der Waals surface area contributed by atoms with E-state index in [-0.39, 0.29) is 5.60 Å². The van der Waals surface area contributed by atoms with Gasteiger partial charge in [0.2, 0.25) is 0 Å². The van der Waals surface area contributed by atoms with E-state index >= 15 is 0 Å². The summed E-state index contributed by atoms with van der Waals surface area (Å²) in [6.45, 7) is 4.20. The molecule has 21 heavy (non-hydrogen) atoms. The van der Waals surface area contributed by atoms with E-state index in [0.29, 0.717) is 0 Å². The molecule has 1 aromatic heterocycles. The maximum atomic E-state index is 6.04. The van der Waals surface area contributed by atoms with Crippen molar-refractivity contribution in [3.8, 4) is 11.5 Å². The highest BCUT2D eigenvalue weighted by molar-refractivity contribution is 5.74. The van der Waals surface area contributed by atoms with E-state index in [2.05, 4.69) is 37.0 Å². The minimum absolute atomic E-state index is 0.184. The molecule has 0 spiro atoms. The molecule has 0 N–H and O–H groups in total. The molecule has 3 rings (SSSR count). The Kier molecular flexibility index (Phi) is 3.42. The van der Waals surface area contributed by atoms with E-state index in [1.165, 1.54) is 11.1 Å². The fourth-order valence-corrected chi connectivity index (χ4v) is 2.63. The molecular weight excluding hydrogens is 262 g/mol. The van der Waals surface area contributed by atoms with Gasteiger partial charge in [0, 0.05) is 24.4 Å². The molecule has 0 saturated carbocycles. The minimum atomic E-state index is -0.184. The second-order valence-electron chi connectivity index (χ2n) is 5.82. The Labute approximate surface area is 125 Å². The zero-order valence-corrected chi connectivity index (χ0v) is 12.6. The zero-order valence-electron chi connectivity index (χ0n) is 12.6. The molecule has 2 aromatic rings. The van der Waals surface area contributed by atoms with Crippen LogP contribution in [0.15, 0.2) is 36.7 Å². The largest absolute Gasteiger partial charge is 0.493 e. The average molecular weight is 281 g/mol. The van der Waals surface area contributed by atoms with Crippen LogP contribution in [0.1, 0.15) is 30.5 Å². The number of aromatic nitrogens is 1. The van der Waals surface area contributed by atoms with E-state index in [0.717, 1.165) is 23.5 Å². The van der Waals surface area contributed by atoms with Crippen LogP contribution >= 0.6 is 0 Å². The Morgan fingerprint density at radius 2 is 1.90 bits per heavy atom. The van der Waals surface area contributed by atoms with Gasteiger partial charge < -0.3 is 9.47 Å². The monoisotopic (exact) mass is 281 g/mol. The standard InChI is InChI=1S/C18H19NO2/c1-18(2)12-15-14(5-4-13-8-10-19-11-9-13)6-7-16(20-3)17(15)21-18/h4-11H,12H2,1-3H3/b5-4+. The predicted molar refractivity (Wildman–Crippen MR) is 84.6 cm³/mol. The maximum Gasteiger partial charge on any atom is 0.165 e. The average Bonchev–Trinajstić information content (AvgIpc) is 2.81. The van der Waals surface area contributed by atoms with Gasteiger partial charge in [-0.1, -0.05) is 18.2 Å². The van der Waals surface area contributed by atoms with Crippen molar-refractivity contribution < 1.29 is 9.47 Å². The van der Waals surface area contributed by atoms with Crippen molar-refractivity contribution in [2.24, 2.45) is 0 Å². The highest BCUT2D eigenvalue weighted by Gasteiger charge is 2.33. The third-order valence-electron chi connectivity index (χ3n) is 3.62. The van der Waals surface area contributed by atoms with E-state index in [4.69, 9.17) is 9.47 Å². The molecule has 0 unspecified atom stereocenters. The van der Waals surface area contributed by atoms with Gasteiger partial charge in [-0.05, 0) is 43.2 Å². The maximum absolute atomic E-state index is 6.04. The Morgan fingerprint density at radius 3 is 2.62 bits per heavy atom. The molecule has 1 aliphatic rings. The fraction of sp³-hybridized carbons (Fsp3) is 0.278. The molecule has 0 bridgehead atoms. The van der Waals surface area contributed by atoms with Gasteiger partial charge in [-0.25, -0.2) is 0 Å². The third-order valence-corrected chi connectivity index (χ3v) is 3.62. The molecule has 108 valence electrons. The van der Waals surface area contributed by atoms with Gasteiger partial charge in [-0.3, -0.25) is 4.98 Å². The van der Waals surface area contributed by atoms with E-state index in [1.807, 2.05) is 18.2 Å². The second-order valence-corrected chi connectivity index (χ2v) is 5.82. The number of hydrogen-bond donors (Lipinski definition) is 0. The van der Waals surface area contributed by atoms with Gasteiger partial charge in [0.05, 0.1) is 7.11 Å². The number of methoxy groups -OCH3 is 1. The highest BCUT2D eigenvalue weighted by atomic mass is 16.5. The van der Waals surface area contributed by atoms with Crippen molar-refractivity contribution in [3.63, 3.8) is 0 Å². The van der Waals surface area contributed by atoms with Gasteiger partial charge in [-0.2, -0.15) is 0 Å². The quantitative estimate of drug-likeness (QED) is 0.853. The number of hydrogen-bond acceptors (Lipinski definition) is 3. The molecule has 0 fully saturated rings. The first-order chi connectivity index (χ1) is 10.1. The van der Waals surface area contributed by atoms with Crippen molar-refractivity contribution in [3.05, 3.63) is 53.3 Å². The lowest BCUT2D eigenvalue weighted by molar-refractivity contribution is 0.134. The van der Waals surface area contributed by atoms with Crippen molar-refractivity contribution in [1.82, 2.24) is 4.98 Å². The summed E-state index contributed by atoms with van der Waals surface area (Å²) in [5.41, 5.74) is 3.33. The Hall–Kier alpha value is -2.29. The molecule has 0 aliphatic carbocycles. The summed E-state index contributed by atoms with van der Waals surface area (Å²) >= 11 is 0. The predicted octanol–water partition coefficient (Wildman–Crippen LogP) is 3.97. The van der Waals surface area contributed by atoms with Gasteiger partial charge in [-0.15, -0.1) is 0 Å². The summed E-state index contributed by atoms with van der Waals surface area (Å²) < 4.78 is 11.5. The number of nitrogens with zero attached hydrogens (tertiary/aromatic N) is 1. The lowest BCUT2D eigenvalue weighted by Gasteiger charge is -2.17. The summed E-state index contributed by atoms with van der Waals surface area (Å²) in [6, 6.07) is 8.02. The van der Waals surface area contributed by atoms with Gasteiger partial charge in [0.25, 0.3) is 0 Å². The highest BCUT2D eigenvalue weighted by Crippen LogP contribution is 2.44. The number of fused-ring (bicyclic) bond motifs is 1. The van der Waals surface area contributed by atoms with E-state index in [9.17, 15) is 0 Å². The first-order valence-electron chi connectivity index (χ1n) is 7.06. The second kappa shape index (κ2) is 5.24. The van der Waals surface area contributed by atoms with Crippen LogP contribution in [0.25, 0.3) is 12.2 Å². The Balaban J connectivity index is 1.98. The van der Waals surface area contributed by atoms with Crippen LogP contribution in [-0.2, 0) is 6.42 Å². The Morgan fingerprint density at radius 1 is 1.14 bits per heavy atom. The van der Waals surface area contributed by atoms with Crippen molar-refractivity contribution in [2.75, 3.05) is 7.11 Å². The molecule has 0 amide bonds. The Bertz CT molecular complexity index is 675.